The lowest BCUT2D eigenvalue weighted by Gasteiger charge is -2.08. The molecule has 0 aliphatic heterocycles. The van der Waals surface area contributed by atoms with Crippen LogP contribution in [0.4, 0.5) is 5.95 Å². The summed E-state index contributed by atoms with van der Waals surface area (Å²) in [5.41, 5.74) is 0.885. The molecule has 5 heteroatoms. The molecule has 0 radical (unpaired) electrons. The molecule has 1 N–H and O–H groups in total. The van der Waals surface area contributed by atoms with E-state index in [9.17, 15) is 0 Å². The van der Waals surface area contributed by atoms with Gasteiger partial charge in [-0.05, 0) is 26.0 Å². The summed E-state index contributed by atoms with van der Waals surface area (Å²) in [6, 6.07) is 3.65. The van der Waals surface area contributed by atoms with Gasteiger partial charge in [-0.25, -0.2) is 4.98 Å². The third-order valence-electron chi connectivity index (χ3n) is 2.11. The molecule has 0 saturated heterocycles. The maximum Gasteiger partial charge on any atom is 0.227 e. The van der Waals surface area contributed by atoms with Crippen molar-refractivity contribution in [3.63, 3.8) is 0 Å². The summed E-state index contributed by atoms with van der Waals surface area (Å²) in [5, 5.41) is 3.04. The van der Waals surface area contributed by atoms with Crippen LogP contribution in [0.1, 0.15) is 12.5 Å². The van der Waals surface area contributed by atoms with E-state index in [1.807, 2.05) is 26.0 Å². The fourth-order valence-electron chi connectivity index (χ4n) is 1.29. The Hall–Kier alpha value is -2.17. The highest BCUT2D eigenvalue weighted by Crippen LogP contribution is 2.22. The fourth-order valence-corrected chi connectivity index (χ4v) is 1.29. The second kappa shape index (κ2) is 5.25. The lowest BCUT2D eigenvalue weighted by molar-refractivity contribution is 0.456. The average Bonchev–Trinajstić information content (AvgIpc) is 2.35. The van der Waals surface area contributed by atoms with Crippen LogP contribution in [0.15, 0.2) is 30.7 Å². The van der Waals surface area contributed by atoms with Crippen molar-refractivity contribution in [2.24, 2.45) is 0 Å². The highest BCUT2D eigenvalue weighted by molar-refractivity contribution is 5.35. The number of ether oxygens (including phenoxy) is 1. The van der Waals surface area contributed by atoms with Crippen molar-refractivity contribution in [3.05, 3.63) is 36.3 Å². The third-order valence-corrected chi connectivity index (χ3v) is 2.11. The van der Waals surface area contributed by atoms with Gasteiger partial charge in [0.15, 0.2) is 0 Å². The second-order valence-electron chi connectivity index (χ2n) is 3.50. The minimum Gasteiger partial charge on any atom is -0.437 e. The number of pyridine rings is 1. The first-order chi connectivity index (χ1) is 8.29. The van der Waals surface area contributed by atoms with E-state index in [0.29, 0.717) is 17.6 Å². The number of hydrogen-bond donors (Lipinski definition) is 1. The van der Waals surface area contributed by atoms with Crippen LogP contribution >= 0.6 is 0 Å². The van der Waals surface area contributed by atoms with Crippen molar-refractivity contribution in [2.75, 3.05) is 11.9 Å². The average molecular weight is 230 g/mol. The Morgan fingerprint density at radius 3 is 2.94 bits per heavy atom. The molecule has 2 aromatic heterocycles. The van der Waals surface area contributed by atoms with Crippen LogP contribution in [0.3, 0.4) is 0 Å². The summed E-state index contributed by atoms with van der Waals surface area (Å²) in [6.07, 6.45) is 5.08. The van der Waals surface area contributed by atoms with E-state index in [2.05, 4.69) is 20.3 Å². The first-order valence-corrected chi connectivity index (χ1v) is 5.45. The smallest absolute Gasteiger partial charge is 0.227 e. The first kappa shape index (κ1) is 11.3. The first-order valence-electron chi connectivity index (χ1n) is 5.45. The molecule has 0 fully saturated rings. The van der Waals surface area contributed by atoms with Crippen molar-refractivity contribution in [3.8, 4) is 11.6 Å². The number of aromatic nitrogens is 3. The van der Waals surface area contributed by atoms with Crippen molar-refractivity contribution in [1.29, 1.82) is 0 Å². The Labute approximate surface area is 99.9 Å². The van der Waals surface area contributed by atoms with Crippen LogP contribution in [-0.2, 0) is 0 Å². The summed E-state index contributed by atoms with van der Waals surface area (Å²) in [6.45, 7) is 4.67. The predicted molar refractivity (Wildman–Crippen MR) is 65.2 cm³/mol. The van der Waals surface area contributed by atoms with E-state index in [0.717, 1.165) is 12.1 Å². The van der Waals surface area contributed by atoms with Gasteiger partial charge in [-0.2, -0.15) is 4.98 Å². The molecular formula is C12H14N4O. The van der Waals surface area contributed by atoms with Crippen LogP contribution in [0.2, 0.25) is 0 Å². The molecule has 0 unspecified atom stereocenters. The van der Waals surface area contributed by atoms with E-state index in [1.165, 1.54) is 0 Å². The van der Waals surface area contributed by atoms with E-state index < -0.39 is 0 Å². The van der Waals surface area contributed by atoms with Gasteiger partial charge in [-0.15, -0.1) is 0 Å². The van der Waals surface area contributed by atoms with Gasteiger partial charge in [0.2, 0.25) is 11.8 Å². The summed E-state index contributed by atoms with van der Waals surface area (Å²) in [5.74, 6) is 1.78. The van der Waals surface area contributed by atoms with E-state index >= 15 is 0 Å². The molecular weight excluding hydrogens is 216 g/mol. The molecule has 17 heavy (non-hydrogen) atoms. The highest BCUT2D eigenvalue weighted by Gasteiger charge is 2.05. The van der Waals surface area contributed by atoms with Gasteiger partial charge in [-0.3, -0.25) is 4.98 Å². The molecule has 88 valence electrons. The summed E-state index contributed by atoms with van der Waals surface area (Å²) >= 11 is 0. The third kappa shape index (κ3) is 2.90. The fraction of sp³-hybridized carbons (Fsp3) is 0.250. The molecule has 0 saturated carbocycles. The number of nitrogens with one attached hydrogen (secondary N) is 1. The Bertz CT molecular complexity index is 487. The number of hydrogen-bond acceptors (Lipinski definition) is 5. The van der Waals surface area contributed by atoms with Crippen molar-refractivity contribution in [1.82, 2.24) is 15.0 Å². The number of anilines is 1. The maximum absolute atomic E-state index is 5.64. The molecule has 2 aromatic rings. The minimum atomic E-state index is 0.545. The van der Waals surface area contributed by atoms with Crippen LogP contribution in [0.25, 0.3) is 0 Å². The molecule has 5 nitrogen and oxygen atoms in total. The molecule has 0 aromatic carbocycles. The van der Waals surface area contributed by atoms with E-state index in [1.54, 1.807) is 18.6 Å². The largest absolute Gasteiger partial charge is 0.437 e. The van der Waals surface area contributed by atoms with E-state index in [-0.39, 0.29) is 0 Å². The molecule has 0 amide bonds. The predicted octanol–water partition coefficient (Wildman–Crippen LogP) is 2.40. The van der Waals surface area contributed by atoms with Crippen molar-refractivity contribution in [2.45, 2.75) is 13.8 Å². The zero-order chi connectivity index (χ0) is 12.1. The van der Waals surface area contributed by atoms with E-state index in [4.69, 9.17) is 4.74 Å². The van der Waals surface area contributed by atoms with Crippen LogP contribution in [0, 0.1) is 6.92 Å². The molecule has 0 spiro atoms. The zero-order valence-electron chi connectivity index (χ0n) is 9.84. The Kier molecular flexibility index (Phi) is 3.49. The Morgan fingerprint density at radius 2 is 2.24 bits per heavy atom. The molecule has 2 rings (SSSR count). The quantitative estimate of drug-likeness (QED) is 0.873. The normalized spacial score (nSPS) is 10.0. The zero-order valence-corrected chi connectivity index (χ0v) is 9.84. The SMILES string of the molecule is CCNc1ncc(C)c(Oc2cccnc2)n1. The van der Waals surface area contributed by atoms with Crippen molar-refractivity contribution >= 4 is 5.95 Å². The van der Waals surface area contributed by atoms with Crippen LogP contribution < -0.4 is 10.1 Å². The molecule has 0 aliphatic rings. The summed E-state index contributed by atoms with van der Waals surface area (Å²) in [4.78, 5) is 12.4. The lowest BCUT2D eigenvalue weighted by atomic mass is 10.4. The highest BCUT2D eigenvalue weighted by atomic mass is 16.5. The van der Waals surface area contributed by atoms with Gasteiger partial charge in [-0.1, -0.05) is 0 Å². The number of nitrogens with zero attached hydrogens (tertiary/aromatic N) is 3. The van der Waals surface area contributed by atoms with Crippen LogP contribution in [0.5, 0.6) is 11.6 Å². The van der Waals surface area contributed by atoms with Crippen LogP contribution in [-0.4, -0.2) is 21.5 Å². The van der Waals surface area contributed by atoms with Gasteiger partial charge in [0.25, 0.3) is 0 Å². The maximum atomic E-state index is 5.64. The second-order valence-corrected chi connectivity index (χ2v) is 3.50. The Balaban J connectivity index is 2.22. The number of aryl methyl sites for hydroxylation is 1. The van der Waals surface area contributed by atoms with Gasteiger partial charge < -0.3 is 10.1 Å². The minimum absolute atomic E-state index is 0.545. The number of rotatable bonds is 4. The Morgan fingerprint density at radius 1 is 1.35 bits per heavy atom. The molecule has 0 atom stereocenters. The monoisotopic (exact) mass is 230 g/mol. The lowest BCUT2D eigenvalue weighted by Crippen LogP contribution is -2.03. The standard InChI is InChI=1S/C12H14N4O/c1-3-14-12-15-7-9(2)11(16-12)17-10-5-4-6-13-8-10/h4-8H,3H2,1-2H3,(H,14,15,16). The van der Waals surface area contributed by atoms with Gasteiger partial charge in [0, 0.05) is 24.5 Å². The van der Waals surface area contributed by atoms with Gasteiger partial charge in [0.1, 0.15) is 5.75 Å². The van der Waals surface area contributed by atoms with Gasteiger partial charge in [0.05, 0.1) is 6.20 Å². The molecule has 0 aliphatic carbocycles. The summed E-state index contributed by atoms with van der Waals surface area (Å²) < 4.78 is 5.64. The van der Waals surface area contributed by atoms with Gasteiger partial charge >= 0.3 is 0 Å². The summed E-state index contributed by atoms with van der Waals surface area (Å²) in [7, 11) is 0. The van der Waals surface area contributed by atoms with Crippen molar-refractivity contribution < 1.29 is 4.74 Å². The molecule has 0 bridgehead atoms. The molecule has 2 heterocycles. The topological polar surface area (TPSA) is 59.9 Å².